The molecule has 5 heteroatoms. The molecule has 0 saturated heterocycles. The minimum Gasteiger partial charge on any atom is -0.494 e. The Labute approximate surface area is 87.4 Å². The lowest BCUT2D eigenvalue weighted by atomic mass is 10.2. The molecule has 0 radical (unpaired) electrons. The van der Waals surface area contributed by atoms with Gasteiger partial charge in [0.1, 0.15) is 0 Å². The molecule has 0 spiro atoms. The zero-order valence-electron chi connectivity index (χ0n) is 8.78. The molecule has 82 valence electrons. The highest BCUT2D eigenvalue weighted by molar-refractivity contribution is 5.96. The van der Waals surface area contributed by atoms with E-state index >= 15 is 0 Å². The van der Waals surface area contributed by atoms with Gasteiger partial charge in [0.2, 0.25) is 5.88 Å². The van der Waals surface area contributed by atoms with E-state index in [0.29, 0.717) is 13.1 Å². The van der Waals surface area contributed by atoms with Gasteiger partial charge < -0.3 is 10.4 Å². The number of pyridine rings is 1. The minimum atomic E-state index is -0.378. The number of carbonyl (C=O) groups is 1. The average molecular weight is 210 g/mol. The molecule has 1 aromatic heterocycles. The molecule has 15 heavy (non-hydrogen) atoms. The molecule has 0 aliphatic rings. The number of aromatic nitrogens is 1. The summed E-state index contributed by atoms with van der Waals surface area (Å²) in [4.78, 5) is 22.7. The summed E-state index contributed by atoms with van der Waals surface area (Å²) < 4.78 is 1.14. The lowest BCUT2D eigenvalue weighted by molar-refractivity contribution is 0.0951. The van der Waals surface area contributed by atoms with E-state index in [-0.39, 0.29) is 22.9 Å². The molecule has 1 aromatic rings. The van der Waals surface area contributed by atoms with Gasteiger partial charge in [0, 0.05) is 19.2 Å². The second-order valence-electron chi connectivity index (χ2n) is 3.01. The van der Waals surface area contributed by atoms with Gasteiger partial charge in [-0.05, 0) is 19.9 Å². The van der Waals surface area contributed by atoms with Crippen molar-refractivity contribution in [3.05, 3.63) is 28.0 Å². The van der Waals surface area contributed by atoms with Crippen molar-refractivity contribution in [3.8, 4) is 5.88 Å². The van der Waals surface area contributed by atoms with Crippen molar-refractivity contribution in [2.75, 3.05) is 6.54 Å². The zero-order chi connectivity index (χ0) is 11.4. The standard InChI is InChI=1S/C10H14N2O3/c1-3-11-9(14)7-5-6-8(13)12(4-2)10(7)15/h5-6,15H,3-4H2,1-2H3,(H,11,14). The summed E-state index contributed by atoms with van der Waals surface area (Å²) in [5, 5.41) is 12.2. The smallest absolute Gasteiger partial charge is 0.256 e. The van der Waals surface area contributed by atoms with E-state index in [0.717, 1.165) is 4.57 Å². The van der Waals surface area contributed by atoms with E-state index in [1.54, 1.807) is 13.8 Å². The second-order valence-corrected chi connectivity index (χ2v) is 3.01. The lowest BCUT2D eigenvalue weighted by Gasteiger charge is -2.09. The van der Waals surface area contributed by atoms with E-state index in [1.165, 1.54) is 12.1 Å². The van der Waals surface area contributed by atoms with E-state index < -0.39 is 0 Å². The van der Waals surface area contributed by atoms with Crippen LogP contribution in [0.3, 0.4) is 0 Å². The first-order chi connectivity index (χ1) is 7.11. The molecule has 0 aliphatic heterocycles. The number of nitrogens with zero attached hydrogens (tertiary/aromatic N) is 1. The molecule has 0 atom stereocenters. The number of carbonyl (C=O) groups excluding carboxylic acids is 1. The molecule has 0 fully saturated rings. The molecule has 1 heterocycles. The average Bonchev–Trinajstić information content (AvgIpc) is 2.18. The number of rotatable bonds is 3. The Morgan fingerprint density at radius 1 is 1.47 bits per heavy atom. The summed E-state index contributed by atoms with van der Waals surface area (Å²) in [5.41, 5.74) is -0.193. The SMILES string of the molecule is CCNC(=O)c1ccc(=O)n(CC)c1O. The van der Waals surface area contributed by atoms with Crippen molar-refractivity contribution in [1.29, 1.82) is 0 Å². The number of hydrogen-bond acceptors (Lipinski definition) is 3. The fraction of sp³-hybridized carbons (Fsp3) is 0.400. The summed E-state index contributed by atoms with van der Waals surface area (Å²) in [6, 6.07) is 2.60. The first-order valence-electron chi connectivity index (χ1n) is 4.82. The second kappa shape index (κ2) is 4.63. The number of hydrogen-bond donors (Lipinski definition) is 2. The van der Waals surface area contributed by atoms with Crippen LogP contribution in [-0.2, 0) is 6.54 Å². The van der Waals surface area contributed by atoms with Crippen LogP contribution >= 0.6 is 0 Å². The normalized spacial score (nSPS) is 10.0. The molecule has 0 aromatic carbocycles. The van der Waals surface area contributed by atoms with Gasteiger partial charge >= 0.3 is 0 Å². The van der Waals surface area contributed by atoms with Gasteiger partial charge in [-0.15, -0.1) is 0 Å². The Bertz CT molecular complexity index is 423. The lowest BCUT2D eigenvalue weighted by Crippen LogP contribution is -2.26. The highest BCUT2D eigenvalue weighted by atomic mass is 16.3. The van der Waals surface area contributed by atoms with Crippen molar-refractivity contribution in [2.24, 2.45) is 0 Å². The first kappa shape index (κ1) is 11.3. The third-order valence-corrected chi connectivity index (χ3v) is 2.05. The quantitative estimate of drug-likeness (QED) is 0.754. The highest BCUT2D eigenvalue weighted by Gasteiger charge is 2.13. The van der Waals surface area contributed by atoms with Crippen LogP contribution in [0.25, 0.3) is 0 Å². The molecule has 0 saturated carbocycles. The zero-order valence-corrected chi connectivity index (χ0v) is 8.78. The van der Waals surface area contributed by atoms with Crippen molar-refractivity contribution in [2.45, 2.75) is 20.4 Å². The van der Waals surface area contributed by atoms with Crippen molar-refractivity contribution >= 4 is 5.91 Å². The van der Waals surface area contributed by atoms with E-state index in [1.807, 2.05) is 0 Å². The summed E-state index contributed by atoms with van der Waals surface area (Å²) in [6.07, 6.45) is 0. The minimum absolute atomic E-state index is 0.123. The molecule has 0 unspecified atom stereocenters. The molecule has 0 bridgehead atoms. The Morgan fingerprint density at radius 3 is 2.67 bits per heavy atom. The van der Waals surface area contributed by atoms with Crippen LogP contribution in [0.4, 0.5) is 0 Å². The predicted molar refractivity (Wildman–Crippen MR) is 56.0 cm³/mol. The predicted octanol–water partition coefficient (Wildman–Crippen LogP) is 0.324. The van der Waals surface area contributed by atoms with Gasteiger partial charge in [-0.2, -0.15) is 0 Å². The molecule has 5 nitrogen and oxygen atoms in total. The van der Waals surface area contributed by atoms with Crippen LogP contribution in [0.5, 0.6) is 5.88 Å². The van der Waals surface area contributed by atoms with Gasteiger partial charge in [-0.25, -0.2) is 0 Å². The van der Waals surface area contributed by atoms with Crippen LogP contribution in [-0.4, -0.2) is 22.1 Å². The molecule has 1 amide bonds. The van der Waals surface area contributed by atoms with Crippen LogP contribution < -0.4 is 10.9 Å². The fourth-order valence-corrected chi connectivity index (χ4v) is 1.31. The molecule has 2 N–H and O–H groups in total. The molecular formula is C10H14N2O3. The Morgan fingerprint density at radius 2 is 2.13 bits per heavy atom. The Balaban J connectivity index is 3.21. The van der Waals surface area contributed by atoms with Crippen molar-refractivity contribution in [1.82, 2.24) is 9.88 Å². The van der Waals surface area contributed by atoms with Gasteiger partial charge in [-0.3, -0.25) is 14.2 Å². The van der Waals surface area contributed by atoms with Crippen LogP contribution in [0.1, 0.15) is 24.2 Å². The number of amides is 1. The maximum Gasteiger partial charge on any atom is 0.256 e. The van der Waals surface area contributed by atoms with Crippen LogP contribution in [0.2, 0.25) is 0 Å². The van der Waals surface area contributed by atoms with E-state index in [4.69, 9.17) is 0 Å². The number of aromatic hydroxyl groups is 1. The monoisotopic (exact) mass is 210 g/mol. The summed E-state index contributed by atoms with van der Waals surface area (Å²) in [7, 11) is 0. The van der Waals surface area contributed by atoms with E-state index in [9.17, 15) is 14.7 Å². The summed E-state index contributed by atoms with van der Waals surface area (Å²) >= 11 is 0. The first-order valence-corrected chi connectivity index (χ1v) is 4.82. The summed E-state index contributed by atoms with van der Waals surface area (Å²) in [6.45, 7) is 4.31. The highest BCUT2D eigenvalue weighted by Crippen LogP contribution is 2.13. The summed E-state index contributed by atoms with van der Waals surface area (Å²) in [5.74, 6) is -0.659. The van der Waals surface area contributed by atoms with Gasteiger partial charge in [0.05, 0.1) is 5.56 Å². The largest absolute Gasteiger partial charge is 0.494 e. The van der Waals surface area contributed by atoms with Crippen LogP contribution in [0, 0.1) is 0 Å². The third-order valence-electron chi connectivity index (χ3n) is 2.05. The Hall–Kier alpha value is -1.78. The van der Waals surface area contributed by atoms with E-state index in [2.05, 4.69) is 5.32 Å². The molecule has 1 rings (SSSR count). The van der Waals surface area contributed by atoms with Crippen molar-refractivity contribution < 1.29 is 9.90 Å². The van der Waals surface area contributed by atoms with Gasteiger partial charge in [-0.1, -0.05) is 0 Å². The fourth-order valence-electron chi connectivity index (χ4n) is 1.31. The van der Waals surface area contributed by atoms with Gasteiger partial charge in [0.25, 0.3) is 11.5 Å². The maximum atomic E-state index is 11.5. The van der Waals surface area contributed by atoms with Crippen LogP contribution in [0.15, 0.2) is 16.9 Å². The molecular weight excluding hydrogens is 196 g/mol. The van der Waals surface area contributed by atoms with Gasteiger partial charge in [0.15, 0.2) is 0 Å². The maximum absolute atomic E-state index is 11.5. The Kier molecular flexibility index (Phi) is 3.49. The topological polar surface area (TPSA) is 71.3 Å². The van der Waals surface area contributed by atoms with Crippen molar-refractivity contribution in [3.63, 3.8) is 0 Å². The third kappa shape index (κ3) is 2.18. The molecule has 0 aliphatic carbocycles. The number of nitrogens with one attached hydrogen (secondary N) is 1.